The van der Waals surface area contributed by atoms with E-state index in [1.54, 1.807) is 25.3 Å². The number of carbonyl (C=O) groups excluding carboxylic acids is 2. The number of aromatic nitrogens is 1. The van der Waals surface area contributed by atoms with Gasteiger partial charge in [-0.3, -0.25) is 14.2 Å². The van der Waals surface area contributed by atoms with Gasteiger partial charge >= 0.3 is 5.76 Å². The number of nitrogens with one attached hydrogen (secondary N) is 1. The maximum atomic E-state index is 12.8. The Bertz CT molecular complexity index is 1160. The minimum Gasteiger partial charge on any atom is -0.496 e. The first-order valence-electron chi connectivity index (χ1n) is 10.4. The first-order valence-corrected chi connectivity index (χ1v) is 10.4. The van der Waals surface area contributed by atoms with Crippen LogP contribution in [-0.2, 0) is 17.9 Å². The van der Waals surface area contributed by atoms with Crippen LogP contribution in [0, 0.1) is 0 Å². The van der Waals surface area contributed by atoms with E-state index in [2.05, 4.69) is 5.32 Å². The molecule has 31 heavy (non-hydrogen) atoms. The van der Waals surface area contributed by atoms with Gasteiger partial charge < -0.3 is 19.4 Å². The Morgan fingerprint density at radius 1 is 1.10 bits per heavy atom. The Morgan fingerprint density at radius 2 is 1.87 bits per heavy atom. The van der Waals surface area contributed by atoms with Crippen molar-refractivity contribution >= 4 is 22.9 Å². The fraction of sp³-hybridized carbons (Fsp3) is 0.348. The van der Waals surface area contributed by atoms with Gasteiger partial charge in [-0.2, -0.15) is 0 Å². The zero-order chi connectivity index (χ0) is 21.8. The van der Waals surface area contributed by atoms with Gasteiger partial charge in [-0.05, 0) is 43.5 Å². The second-order valence-electron chi connectivity index (χ2n) is 7.58. The molecule has 1 fully saturated rings. The van der Waals surface area contributed by atoms with Crippen LogP contribution in [0.5, 0.6) is 5.75 Å². The number of amides is 2. The van der Waals surface area contributed by atoms with Crippen LogP contribution in [0.25, 0.3) is 11.1 Å². The fourth-order valence-electron chi connectivity index (χ4n) is 3.87. The van der Waals surface area contributed by atoms with Crippen LogP contribution in [-0.4, -0.2) is 41.5 Å². The minimum atomic E-state index is -0.634. The zero-order valence-corrected chi connectivity index (χ0v) is 17.4. The summed E-state index contributed by atoms with van der Waals surface area (Å²) in [6.45, 7) is 1.54. The van der Waals surface area contributed by atoms with E-state index in [-0.39, 0.29) is 24.9 Å². The smallest absolute Gasteiger partial charge is 0.420 e. The van der Waals surface area contributed by atoms with Gasteiger partial charge in [-0.25, -0.2) is 4.79 Å². The Labute approximate surface area is 179 Å². The number of oxazole rings is 1. The van der Waals surface area contributed by atoms with E-state index < -0.39 is 5.76 Å². The molecule has 0 aliphatic carbocycles. The maximum Gasteiger partial charge on any atom is 0.420 e. The van der Waals surface area contributed by atoms with Crippen LogP contribution in [0.1, 0.15) is 35.2 Å². The number of benzene rings is 2. The molecule has 1 aliphatic rings. The van der Waals surface area contributed by atoms with E-state index in [1.165, 1.54) is 4.57 Å². The fourth-order valence-corrected chi connectivity index (χ4v) is 3.87. The van der Waals surface area contributed by atoms with Crippen molar-refractivity contribution in [1.29, 1.82) is 0 Å². The van der Waals surface area contributed by atoms with Gasteiger partial charge in [0.05, 0.1) is 12.6 Å². The average Bonchev–Trinajstić information content (AvgIpc) is 3.12. The normalized spacial score (nSPS) is 13.9. The van der Waals surface area contributed by atoms with Crippen LogP contribution >= 0.6 is 0 Å². The zero-order valence-electron chi connectivity index (χ0n) is 17.4. The molecule has 4 rings (SSSR count). The maximum absolute atomic E-state index is 12.8. The summed E-state index contributed by atoms with van der Waals surface area (Å²) in [7, 11) is 1.57. The van der Waals surface area contributed by atoms with Gasteiger partial charge in [0, 0.05) is 30.8 Å². The minimum absolute atomic E-state index is 0.0672. The lowest BCUT2D eigenvalue weighted by atomic mass is 10.1. The van der Waals surface area contributed by atoms with E-state index in [9.17, 15) is 14.4 Å². The van der Waals surface area contributed by atoms with Crippen LogP contribution in [0.2, 0.25) is 0 Å². The number of likely N-dealkylation sites (tertiary alicyclic amines) is 1. The molecule has 8 nitrogen and oxygen atoms in total. The molecule has 1 N–H and O–H groups in total. The number of nitrogens with zero attached hydrogens (tertiary/aromatic N) is 2. The lowest BCUT2D eigenvalue weighted by Crippen LogP contribution is -2.35. The summed E-state index contributed by atoms with van der Waals surface area (Å²) >= 11 is 0. The number of rotatable bonds is 6. The Hall–Kier alpha value is -3.55. The Kier molecular flexibility index (Phi) is 6.06. The second-order valence-corrected chi connectivity index (χ2v) is 7.58. The van der Waals surface area contributed by atoms with Gasteiger partial charge in [-0.15, -0.1) is 0 Å². The lowest BCUT2D eigenvalue weighted by molar-refractivity contribution is -0.121. The molecule has 162 valence electrons. The van der Waals surface area contributed by atoms with E-state index >= 15 is 0 Å². The lowest BCUT2D eigenvalue weighted by Gasteiger charge is -2.26. The molecule has 0 bridgehead atoms. The highest BCUT2D eigenvalue weighted by atomic mass is 16.5. The van der Waals surface area contributed by atoms with Crippen LogP contribution in [0.4, 0.5) is 0 Å². The summed E-state index contributed by atoms with van der Waals surface area (Å²) in [4.78, 5) is 39.5. The number of methoxy groups -OCH3 is 1. The third-order valence-electron chi connectivity index (χ3n) is 5.53. The van der Waals surface area contributed by atoms with Gasteiger partial charge in [0.1, 0.15) is 12.3 Å². The van der Waals surface area contributed by atoms with Crippen LogP contribution in [0.15, 0.2) is 51.7 Å². The Balaban J connectivity index is 1.51. The third kappa shape index (κ3) is 4.47. The molecule has 1 aromatic heterocycles. The van der Waals surface area contributed by atoms with E-state index in [0.29, 0.717) is 22.4 Å². The van der Waals surface area contributed by atoms with Crippen molar-refractivity contribution in [1.82, 2.24) is 14.8 Å². The molecule has 0 saturated carbocycles. The molecule has 1 aliphatic heterocycles. The number of carbonyl (C=O) groups is 2. The molecule has 2 aromatic carbocycles. The first-order chi connectivity index (χ1) is 15.1. The van der Waals surface area contributed by atoms with Crippen molar-refractivity contribution in [3.63, 3.8) is 0 Å². The number of ether oxygens (including phenoxy) is 1. The molecular weight excluding hydrogens is 398 g/mol. The topological polar surface area (TPSA) is 93.8 Å². The average molecular weight is 423 g/mol. The monoisotopic (exact) mass is 423 g/mol. The number of hydrogen-bond acceptors (Lipinski definition) is 5. The molecule has 1 saturated heterocycles. The molecule has 0 unspecified atom stereocenters. The second kappa shape index (κ2) is 9.07. The standard InChI is InChI=1S/C23H25N3O5/c1-30-19-8-4-3-7-17(19)14-24-21(27)15-26-18-13-16(9-10-20(18)31-23(26)29)22(28)25-11-5-2-6-12-25/h3-4,7-10,13H,2,5-6,11-12,14-15H2,1H3,(H,24,27). The predicted octanol–water partition coefficient (Wildman–Crippen LogP) is 2.55. The van der Waals surface area contributed by atoms with Gasteiger partial charge in [0.2, 0.25) is 5.91 Å². The Morgan fingerprint density at radius 3 is 2.65 bits per heavy atom. The quantitative estimate of drug-likeness (QED) is 0.658. The highest BCUT2D eigenvalue weighted by molar-refractivity contribution is 5.97. The number of piperidine rings is 1. The third-order valence-corrected chi connectivity index (χ3v) is 5.53. The van der Waals surface area contributed by atoms with Crippen molar-refractivity contribution in [3.8, 4) is 5.75 Å². The molecule has 8 heteroatoms. The predicted molar refractivity (Wildman–Crippen MR) is 115 cm³/mol. The highest BCUT2D eigenvalue weighted by Gasteiger charge is 2.20. The van der Waals surface area contributed by atoms with E-state index in [0.717, 1.165) is 37.9 Å². The van der Waals surface area contributed by atoms with Gasteiger partial charge in [-0.1, -0.05) is 18.2 Å². The number of fused-ring (bicyclic) bond motifs is 1. The van der Waals surface area contributed by atoms with Crippen LogP contribution < -0.4 is 15.8 Å². The molecule has 0 spiro atoms. The van der Waals surface area contributed by atoms with Crippen molar-refractivity contribution in [3.05, 3.63) is 64.1 Å². The van der Waals surface area contributed by atoms with E-state index in [1.807, 2.05) is 29.2 Å². The van der Waals surface area contributed by atoms with Crippen molar-refractivity contribution in [2.24, 2.45) is 0 Å². The number of para-hydroxylation sites is 1. The summed E-state index contributed by atoms with van der Waals surface area (Å²) in [5.74, 6) is -0.370. The summed E-state index contributed by atoms with van der Waals surface area (Å²) in [6.07, 6.45) is 3.13. The summed E-state index contributed by atoms with van der Waals surface area (Å²) in [5, 5.41) is 2.80. The number of hydrogen-bond donors (Lipinski definition) is 1. The molecule has 0 atom stereocenters. The molecule has 2 heterocycles. The van der Waals surface area contributed by atoms with Crippen molar-refractivity contribution in [2.75, 3.05) is 20.2 Å². The van der Waals surface area contributed by atoms with Crippen molar-refractivity contribution < 1.29 is 18.7 Å². The summed E-state index contributed by atoms with van der Waals surface area (Å²) < 4.78 is 11.8. The summed E-state index contributed by atoms with van der Waals surface area (Å²) in [6, 6.07) is 12.3. The van der Waals surface area contributed by atoms with Crippen LogP contribution in [0.3, 0.4) is 0 Å². The van der Waals surface area contributed by atoms with Gasteiger partial charge in [0.25, 0.3) is 5.91 Å². The van der Waals surface area contributed by atoms with Crippen molar-refractivity contribution in [2.45, 2.75) is 32.4 Å². The summed E-state index contributed by atoms with van der Waals surface area (Å²) in [5.41, 5.74) is 2.09. The molecule has 3 aromatic rings. The van der Waals surface area contributed by atoms with E-state index in [4.69, 9.17) is 9.15 Å². The van der Waals surface area contributed by atoms with Gasteiger partial charge in [0.15, 0.2) is 5.58 Å². The molecule has 0 radical (unpaired) electrons. The SMILES string of the molecule is COc1ccccc1CNC(=O)Cn1c(=O)oc2ccc(C(=O)N3CCCCC3)cc21. The largest absolute Gasteiger partial charge is 0.496 e. The highest BCUT2D eigenvalue weighted by Crippen LogP contribution is 2.19. The molecule has 2 amide bonds. The molecular formula is C23H25N3O5. The first kappa shape index (κ1) is 20.7.